The summed E-state index contributed by atoms with van der Waals surface area (Å²) in [5.74, 6) is 0.987. The average molecular weight is 727 g/mol. The quantitative estimate of drug-likeness (QED) is 0.146. The zero-order valence-electron chi connectivity index (χ0n) is 24.8. The zero-order valence-corrected chi connectivity index (χ0v) is 27.2. The Labute approximate surface area is 263 Å². The maximum atomic E-state index is 4.57. The van der Waals surface area contributed by atoms with E-state index in [0.717, 1.165) is 11.4 Å². The third kappa shape index (κ3) is 4.13. The first-order chi connectivity index (χ1) is 19.8. The summed E-state index contributed by atoms with van der Waals surface area (Å²) < 4.78 is 2.24. The molecule has 1 aromatic heterocycles. The molecule has 42 heavy (non-hydrogen) atoms. The van der Waals surface area contributed by atoms with Crippen LogP contribution in [0.25, 0.3) is 11.4 Å². The first-order valence-electron chi connectivity index (χ1n) is 14.1. The Hall–Kier alpha value is -3.80. The molecule has 4 heterocycles. The number of hydrogen-bond donors (Lipinski definition) is 0. The summed E-state index contributed by atoms with van der Waals surface area (Å²) in [6.45, 7) is 11.2. The molecule has 210 valence electrons. The van der Waals surface area contributed by atoms with Crippen molar-refractivity contribution in [2.75, 3.05) is 28.7 Å². The van der Waals surface area contributed by atoms with Crippen molar-refractivity contribution >= 4 is 35.2 Å². The molecule has 5 nitrogen and oxygen atoms in total. The minimum atomic E-state index is 0. The van der Waals surface area contributed by atoms with Crippen molar-refractivity contribution in [1.29, 1.82) is 0 Å². The Kier molecular flexibility index (Phi) is 7.07. The van der Waals surface area contributed by atoms with Crippen LogP contribution in [-0.2, 0) is 25.5 Å². The second-order valence-corrected chi connectivity index (χ2v) is 11.7. The standard InChI is InChI=1S/C18H17BN3.C17H16N2.Ir/c1-13-7-6-8-14(2)17(13)19-21(3)16-10-5-4-9-15(16)18-20-11-12-22(18)19;1-17(2)12-7-4-5-9-14(12)19-11-18(3)15-10-6-8-13(17)16(15)19;/h4-8,10-12H,1-3H3;4-8,10-11H,1-3H3;/q-1;-2;+3. The van der Waals surface area contributed by atoms with Crippen LogP contribution < -0.4 is 20.1 Å². The van der Waals surface area contributed by atoms with Gasteiger partial charge < -0.3 is 19.1 Å². The van der Waals surface area contributed by atoms with Crippen molar-refractivity contribution in [3.63, 3.8) is 0 Å². The van der Waals surface area contributed by atoms with Gasteiger partial charge in [0.25, 0.3) is 0 Å². The summed E-state index contributed by atoms with van der Waals surface area (Å²) in [5, 5.41) is 0. The van der Waals surface area contributed by atoms with E-state index in [4.69, 9.17) is 0 Å². The van der Waals surface area contributed by atoms with Crippen LogP contribution in [0, 0.1) is 32.6 Å². The van der Waals surface area contributed by atoms with Gasteiger partial charge in [-0.15, -0.1) is 35.5 Å². The van der Waals surface area contributed by atoms with Crippen LogP contribution in [-0.4, -0.2) is 30.5 Å². The van der Waals surface area contributed by atoms with Crippen molar-refractivity contribution in [1.82, 2.24) is 9.46 Å². The molecule has 0 fully saturated rings. The molecule has 0 aliphatic carbocycles. The molecule has 7 heteroatoms. The van der Waals surface area contributed by atoms with Gasteiger partial charge in [0, 0.05) is 29.6 Å². The molecular weight excluding hydrogens is 693 g/mol. The molecule has 0 saturated carbocycles. The van der Waals surface area contributed by atoms with Gasteiger partial charge in [-0.1, -0.05) is 66.6 Å². The summed E-state index contributed by atoms with van der Waals surface area (Å²) in [4.78, 5) is 11.3. The Bertz CT molecular complexity index is 1770. The number of rotatable bonds is 1. The van der Waals surface area contributed by atoms with E-state index in [9.17, 15) is 0 Å². The molecule has 3 aliphatic heterocycles. The smallest absolute Gasteiger partial charge is 0.504 e. The van der Waals surface area contributed by atoms with Gasteiger partial charge in [0.1, 0.15) is 0 Å². The van der Waals surface area contributed by atoms with Gasteiger partial charge in [-0.05, 0) is 50.5 Å². The minimum absolute atomic E-state index is 0. The topological polar surface area (TPSA) is 27.5 Å². The van der Waals surface area contributed by atoms with Gasteiger partial charge in [-0.3, -0.25) is 4.98 Å². The van der Waals surface area contributed by atoms with Crippen LogP contribution in [0.2, 0.25) is 0 Å². The van der Waals surface area contributed by atoms with E-state index in [1.165, 1.54) is 50.5 Å². The van der Waals surface area contributed by atoms with Gasteiger partial charge in [0.2, 0.25) is 0 Å². The number of benzene rings is 4. The molecule has 0 bridgehead atoms. The molecule has 0 spiro atoms. The monoisotopic (exact) mass is 727 g/mol. The molecule has 0 N–H and O–H groups in total. The summed E-state index contributed by atoms with van der Waals surface area (Å²) in [6.07, 6.45) is 3.94. The normalized spacial score (nSPS) is 15.1. The number of nitrogens with zero attached hydrogens (tertiary/aromatic N) is 5. The fourth-order valence-electron chi connectivity index (χ4n) is 6.80. The maximum Gasteiger partial charge on any atom is 3.00 e. The van der Waals surface area contributed by atoms with Crippen LogP contribution in [0.5, 0.6) is 0 Å². The van der Waals surface area contributed by atoms with E-state index in [1.807, 2.05) is 24.4 Å². The number of para-hydroxylation sites is 2. The second kappa shape index (κ2) is 10.5. The molecule has 3 aliphatic rings. The molecule has 5 aromatic rings. The first kappa shape index (κ1) is 28.3. The largest absolute Gasteiger partial charge is 3.00 e. The number of hydrogen-bond acceptors (Lipinski definition) is 4. The van der Waals surface area contributed by atoms with E-state index in [0.29, 0.717) is 0 Å². The predicted octanol–water partition coefficient (Wildman–Crippen LogP) is 6.49. The summed E-state index contributed by atoms with van der Waals surface area (Å²) in [7, 11) is 4.25. The number of aryl methyl sites for hydroxylation is 2. The Morgan fingerprint density at radius 3 is 2.29 bits per heavy atom. The second-order valence-electron chi connectivity index (χ2n) is 11.7. The maximum absolute atomic E-state index is 4.57. The van der Waals surface area contributed by atoms with E-state index in [-0.39, 0.29) is 32.5 Å². The Morgan fingerprint density at radius 1 is 0.833 bits per heavy atom. The molecule has 0 amide bonds. The summed E-state index contributed by atoms with van der Waals surface area (Å²) in [6, 6.07) is 32.2. The van der Waals surface area contributed by atoms with E-state index in [1.54, 1.807) is 0 Å². The van der Waals surface area contributed by atoms with Crippen molar-refractivity contribution in [2.45, 2.75) is 33.1 Å². The van der Waals surface area contributed by atoms with E-state index >= 15 is 0 Å². The zero-order chi connectivity index (χ0) is 28.5. The predicted molar refractivity (Wildman–Crippen MR) is 170 cm³/mol. The molecular formula is C35H33BIrN5. The van der Waals surface area contributed by atoms with Crippen LogP contribution in [0.4, 0.5) is 22.7 Å². The molecule has 0 unspecified atom stereocenters. The first-order valence-corrected chi connectivity index (χ1v) is 14.1. The fraction of sp³-hybridized carbons (Fsp3) is 0.200. The number of fused-ring (bicyclic) bond motifs is 5. The number of imidazole rings is 1. The minimum Gasteiger partial charge on any atom is -0.504 e. The SMILES string of the molecule is CN1[CH-]N2c3[c-]cccc3C(C)(C)c3cccc1c32.Cc1cccc(C)c1B1N(C)c2ccc[c-]c2-c2nccn21.[Ir+3]. The van der Waals surface area contributed by atoms with Crippen molar-refractivity contribution in [3.8, 4) is 11.4 Å². The third-order valence-corrected chi connectivity index (χ3v) is 8.88. The number of aromatic nitrogens is 2. The molecule has 8 rings (SSSR count). The molecule has 4 aromatic carbocycles. The van der Waals surface area contributed by atoms with E-state index < -0.39 is 0 Å². The van der Waals surface area contributed by atoms with Gasteiger partial charge in [0.05, 0.1) is 0 Å². The Balaban J connectivity index is 0.000000148. The molecule has 0 atom stereocenters. The van der Waals surface area contributed by atoms with Crippen LogP contribution in [0.15, 0.2) is 85.2 Å². The summed E-state index contributed by atoms with van der Waals surface area (Å²) >= 11 is 0. The van der Waals surface area contributed by atoms with Crippen LogP contribution >= 0.6 is 0 Å². The number of anilines is 4. The molecule has 0 saturated heterocycles. The average Bonchev–Trinajstić information content (AvgIpc) is 3.60. The Morgan fingerprint density at radius 2 is 1.50 bits per heavy atom. The van der Waals surface area contributed by atoms with Gasteiger partial charge in [0.15, 0.2) is 0 Å². The van der Waals surface area contributed by atoms with Crippen molar-refractivity contribution in [2.24, 2.45) is 0 Å². The molecule has 0 radical (unpaired) electrons. The van der Waals surface area contributed by atoms with Crippen LogP contribution in [0.3, 0.4) is 0 Å². The van der Waals surface area contributed by atoms with E-state index in [2.05, 4.69) is 145 Å². The van der Waals surface area contributed by atoms with Crippen molar-refractivity contribution < 1.29 is 20.1 Å². The van der Waals surface area contributed by atoms with Gasteiger partial charge >= 0.3 is 27.1 Å². The van der Waals surface area contributed by atoms with Crippen molar-refractivity contribution in [3.05, 3.63) is 126 Å². The van der Waals surface area contributed by atoms with Crippen LogP contribution in [0.1, 0.15) is 36.1 Å². The summed E-state index contributed by atoms with van der Waals surface area (Å²) in [5.41, 5.74) is 12.7. The van der Waals surface area contributed by atoms with Gasteiger partial charge in [-0.2, -0.15) is 30.9 Å². The third-order valence-electron chi connectivity index (χ3n) is 8.88. The fourth-order valence-corrected chi connectivity index (χ4v) is 6.80. The van der Waals surface area contributed by atoms with Gasteiger partial charge in [-0.25, -0.2) is 0 Å².